The standard InChI is InChI=1S/C26H23F4N5O2/c1-14-4-5-16(10-15(14)2)22-31-24(37)21-20(26(28,29)30)19(11-35(21)33-22)23(36)32-25(12-34(3)13-25)17-6-8-18(27)9-7-17/h4-11H,12-13H2,1-3H3,(H,32,36)(H,31,33,37). The molecule has 4 aromatic rings. The Morgan fingerprint density at radius 3 is 2.35 bits per heavy atom. The molecule has 192 valence electrons. The van der Waals surface area contributed by atoms with Crippen LogP contribution < -0.4 is 10.9 Å². The molecule has 3 heterocycles. The number of hydrogen-bond acceptors (Lipinski definition) is 4. The third-order valence-corrected chi connectivity index (χ3v) is 6.78. The first-order valence-electron chi connectivity index (χ1n) is 11.5. The molecule has 11 heteroatoms. The van der Waals surface area contributed by atoms with Crippen LogP contribution in [-0.4, -0.2) is 45.5 Å². The van der Waals surface area contributed by atoms with Gasteiger partial charge in [-0.1, -0.05) is 24.3 Å². The lowest BCUT2D eigenvalue weighted by Crippen LogP contribution is -2.66. The maximum Gasteiger partial charge on any atom is 0.419 e. The number of likely N-dealkylation sites (N-methyl/N-ethyl adjacent to an activating group) is 1. The first-order valence-corrected chi connectivity index (χ1v) is 11.5. The highest BCUT2D eigenvalue weighted by molar-refractivity contribution is 5.98. The molecule has 37 heavy (non-hydrogen) atoms. The van der Waals surface area contributed by atoms with Crippen LogP contribution in [0.1, 0.15) is 32.6 Å². The Morgan fingerprint density at radius 2 is 1.76 bits per heavy atom. The highest BCUT2D eigenvalue weighted by Gasteiger charge is 2.46. The van der Waals surface area contributed by atoms with Gasteiger partial charge in [0, 0.05) is 24.8 Å². The summed E-state index contributed by atoms with van der Waals surface area (Å²) in [4.78, 5) is 30.5. The second-order valence-corrected chi connectivity index (χ2v) is 9.53. The fourth-order valence-corrected chi connectivity index (χ4v) is 4.83. The van der Waals surface area contributed by atoms with Crippen molar-refractivity contribution in [3.63, 3.8) is 0 Å². The molecule has 2 N–H and O–H groups in total. The van der Waals surface area contributed by atoms with Crippen molar-refractivity contribution in [3.8, 4) is 11.4 Å². The first-order chi connectivity index (χ1) is 17.4. The second kappa shape index (κ2) is 8.55. The average Bonchev–Trinajstić information content (AvgIpc) is 3.21. The van der Waals surface area contributed by atoms with Crippen molar-refractivity contribution in [3.05, 3.63) is 92.6 Å². The number of nitrogens with one attached hydrogen (secondary N) is 2. The number of benzene rings is 2. The van der Waals surface area contributed by atoms with Crippen molar-refractivity contribution < 1.29 is 22.4 Å². The van der Waals surface area contributed by atoms with E-state index in [2.05, 4.69) is 15.4 Å². The van der Waals surface area contributed by atoms with E-state index in [1.807, 2.05) is 24.8 Å². The first kappa shape index (κ1) is 24.7. The maximum absolute atomic E-state index is 14.2. The average molecular weight is 513 g/mol. The lowest BCUT2D eigenvalue weighted by atomic mass is 9.82. The highest BCUT2D eigenvalue weighted by Crippen LogP contribution is 2.37. The molecule has 0 aliphatic carbocycles. The Balaban J connectivity index is 1.61. The summed E-state index contributed by atoms with van der Waals surface area (Å²) in [6, 6.07) is 10.7. The molecule has 7 nitrogen and oxygen atoms in total. The van der Waals surface area contributed by atoms with E-state index < -0.39 is 45.6 Å². The number of likely N-dealkylation sites (tertiary alicyclic amines) is 1. The molecule has 1 aliphatic heterocycles. The number of carbonyl (C=O) groups is 1. The molecule has 5 rings (SSSR count). The summed E-state index contributed by atoms with van der Waals surface area (Å²) in [5, 5.41) is 6.90. The minimum atomic E-state index is -5.00. The quantitative estimate of drug-likeness (QED) is 0.404. The van der Waals surface area contributed by atoms with Crippen molar-refractivity contribution in [1.29, 1.82) is 0 Å². The summed E-state index contributed by atoms with van der Waals surface area (Å²) in [6.07, 6.45) is -4.08. The van der Waals surface area contributed by atoms with Gasteiger partial charge in [-0.05, 0) is 55.8 Å². The summed E-state index contributed by atoms with van der Waals surface area (Å²) in [6.45, 7) is 4.40. The molecule has 0 spiro atoms. The molecule has 0 radical (unpaired) electrons. The smallest absolute Gasteiger partial charge is 0.340 e. The number of aromatic nitrogens is 3. The molecular weight excluding hydrogens is 490 g/mol. The third-order valence-electron chi connectivity index (χ3n) is 6.78. The second-order valence-electron chi connectivity index (χ2n) is 9.53. The molecule has 1 aliphatic rings. The molecule has 0 atom stereocenters. The van der Waals surface area contributed by atoms with E-state index in [4.69, 9.17) is 0 Å². The summed E-state index contributed by atoms with van der Waals surface area (Å²) in [7, 11) is 1.79. The minimum Gasteiger partial charge on any atom is -0.340 e. The molecule has 1 saturated heterocycles. The summed E-state index contributed by atoms with van der Waals surface area (Å²) in [5.74, 6) is -1.41. The number of carbonyl (C=O) groups excluding carboxylic acids is 1. The zero-order valence-corrected chi connectivity index (χ0v) is 20.2. The zero-order valence-electron chi connectivity index (χ0n) is 20.2. The molecular formula is C26H23F4N5O2. The Morgan fingerprint density at radius 1 is 1.08 bits per heavy atom. The zero-order chi connectivity index (χ0) is 26.7. The van der Waals surface area contributed by atoms with Gasteiger partial charge < -0.3 is 15.2 Å². The van der Waals surface area contributed by atoms with Crippen molar-refractivity contribution in [2.45, 2.75) is 25.6 Å². The number of hydrogen-bond donors (Lipinski definition) is 2. The summed E-state index contributed by atoms with van der Waals surface area (Å²) in [5.41, 5.74) is -1.90. The monoisotopic (exact) mass is 513 g/mol. The number of alkyl halides is 3. The van der Waals surface area contributed by atoms with Crippen LogP contribution in [0.2, 0.25) is 0 Å². The number of aromatic amines is 1. The van der Waals surface area contributed by atoms with Gasteiger partial charge in [0.2, 0.25) is 0 Å². The molecule has 2 aromatic heterocycles. The number of nitrogens with zero attached hydrogens (tertiary/aromatic N) is 3. The number of rotatable bonds is 4. The predicted octanol–water partition coefficient (Wildman–Crippen LogP) is 4.04. The molecule has 0 bridgehead atoms. The number of aryl methyl sites for hydroxylation is 2. The Bertz CT molecular complexity index is 1580. The van der Waals surface area contributed by atoms with Crippen molar-refractivity contribution in [2.24, 2.45) is 0 Å². The van der Waals surface area contributed by atoms with Gasteiger partial charge in [0.15, 0.2) is 5.82 Å². The third kappa shape index (κ3) is 4.29. The fraction of sp³-hybridized carbons (Fsp3) is 0.269. The van der Waals surface area contributed by atoms with E-state index in [1.165, 1.54) is 24.3 Å². The molecule has 0 saturated carbocycles. The number of amides is 1. The van der Waals surface area contributed by atoms with Gasteiger partial charge in [-0.3, -0.25) is 9.59 Å². The van der Waals surface area contributed by atoms with Crippen molar-refractivity contribution in [1.82, 2.24) is 24.8 Å². The van der Waals surface area contributed by atoms with E-state index in [-0.39, 0.29) is 5.82 Å². The van der Waals surface area contributed by atoms with Gasteiger partial charge in [0.1, 0.15) is 16.9 Å². The van der Waals surface area contributed by atoms with Crippen molar-refractivity contribution in [2.75, 3.05) is 20.1 Å². The SMILES string of the molecule is Cc1ccc(-c2nn3cc(C(=O)NC4(c5ccc(F)cc5)CN(C)C4)c(C(F)(F)F)c3c(=O)[nH]2)cc1C. The van der Waals surface area contributed by atoms with Gasteiger partial charge in [0.05, 0.1) is 11.1 Å². The Kier molecular flexibility index (Phi) is 5.70. The van der Waals surface area contributed by atoms with Gasteiger partial charge in [-0.2, -0.15) is 13.2 Å². The van der Waals surface area contributed by atoms with Gasteiger partial charge >= 0.3 is 6.18 Å². The van der Waals surface area contributed by atoms with E-state index in [1.54, 1.807) is 19.2 Å². The topological polar surface area (TPSA) is 82.5 Å². The van der Waals surface area contributed by atoms with Crippen LogP contribution in [0, 0.1) is 19.7 Å². The van der Waals surface area contributed by atoms with Gasteiger partial charge in [0.25, 0.3) is 11.5 Å². The summed E-state index contributed by atoms with van der Waals surface area (Å²) >= 11 is 0. The van der Waals surface area contributed by atoms with Gasteiger partial charge in [-0.25, -0.2) is 8.91 Å². The van der Waals surface area contributed by atoms with Crippen LogP contribution in [0.3, 0.4) is 0 Å². The fourth-order valence-electron chi connectivity index (χ4n) is 4.83. The van der Waals surface area contributed by atoms with E-state index in [0.717, 1.165) is 21.8 Å². The normalized spacial score (nSPS) is 15.5. The van der Waals surface area contributed by atoms with Crippen LogP contribution in [-0.2, 0) is 11.7 Å². The van der Waals surface area contributed by atoms with Crippen LogP contribution in [0.15, 0.2) is 53.5 Å². The predicted molar refractivity (Wildman–Crippen MR) is 129 cm³/mol. The Labute approximate surface area is 208 Å². The molecule has 0 unspecified atom stereocenters. The van der Waals surface area contributed by atoms with Gasteiger partial charge in [-0.15, -0.1) is 5.10 Å². The van der Waals surface area contributed by atoms with Crippen LogP contribution in [0.25, 0.3) is 16.9 Å². The van der Waals surface area contributed by atoms with Crippen molar-refractivity contribution >= 4 is 11.4 Å². The lowest BCUT2D eigenvalue weighted by molar-refractivity contribution is -0.136. The highest BCUT2D eigenvalue weighted by atomic mass is 19.4. The Hall–Kier alpha value is -3.99. The molecule has 1 amide bonds. The lowest BCUT2D eigenvalue weighted by Gasteiger charge is -2.49. The molecule has 1 fully saturated rings. The number of halogens is 4. The van der Waals surface area contributed by atoms with E-state index in [9.17, 15) is 27.2 Å². The minimum absolute atomic E-state index is 0.0692. The number of fused-ring (bicyclic) bond motifs is 1. The summed E-state index contributed by atoms with van der Waals surface area (Å²) < 4.78 is 56.9. The van der Waals surface area contributed by atoms with E-state index >= 15 is 0 Å². The maximum atomic E-state index is 14.2. The van der Waals surface area contributed by atoms with Crippen LogP contribution >= 0.6 is 0 Å². The van der Waals surface area contributed by atoms with Crippen LogP contribution in [0.4, 0.5) is 17.6 Å². The molecule has 2 aromatic carbocycles. The largest absolute Gasteiger partial charge is 0.419 e. The van der Waals surface area contributed by atoms with E-state index in [0.29, 0.717) is 24.2 Å². The number of H-pyrrole nitrogens is 1. The van der Waals surface area contributed by atoms with Crippen LogP contribution in [0.5, 0.6) is 0 Å².